The summed E-state index contributed by atoms with van der Waals surface area (Å²) in [6, 6.07) is 14.4. The Balaban J connectivity index is 2.04. The van der Waals surface area contributed by atoms with E-state index in [0.29, 0.717) is 6.54 Å². The molecule has 1 amide bonds. The van der Waals surface area contributed by atoms with Crippen LogP contribution in [0, 0.1) is 0 Å². The smallest absolute Gasteiger partial charge is 0.247 e. The van der Waals surface area contributed by atoms with Gasteiger partial charge in [-0.15, -0.1) is 0 Å². The molecule has 110 valence electrons. The summed E-state index contributed by atoms with van der Waals surface area (Å²) >= 11 is 0. The third kappa shape index (κ3) is 2.42. The largest absolute Gasteiger partial charge is 0.310 e. The van der Waals surface area contributed by atoms with Crippen LogP contribution < -0.4 is 10.2 Å². The molecule has 3 nitrogen and oxygen atoms in total. The van der Waals surface area contributed by atoms with Gasteiger partial charge in [0.15, 0.2) is 0 Å². The highest BCUT2D eigenvalue weighted by Gasteiger charge is 2.39. The second kappa shape index (κ2) is 5.49. The molecule has 0 spiro atoms. The minimum atomic E-state index is -0.424. The number of carbonyl (C=O) groups excluding carboxylic acids is 1. The first-order valence-electron chi connectivity index (χ1n) is 7.70. The topological polar surface area (TPSA) is 32.3 Å². The highest BCUT2D eigenvalue weighted by Crippen LogP contribution is 2.30. The van der Waals surface area contributed by atoms with E-state index < -0.39 is 5.54 Å². The fourth-order valence-corrected chi connectivity index (χ4v) is 3.24. The predicted molar refractivity (Wildman–Crippen MR) is 87.6 cm³/mol. The molecule has 1 aliphatic rings. The molecule has 0 radical (unpaired) electrons. The second-order valence-electron chi connectivity index (χ2n) is 5.91. The van der Waals surface area contributed by atoms with Gasteiger partial charge in [0.05, 0.1) is 11.2 Å². The molecule has 0 aromatic heterocycles. The number of benzene rings is 2. The van der Waals surface area contributed by atoms with Crippen molar-refractivity contribution in [2.45, 2.75) is 32.2 Å². The van der Waals surface area contributed by atoms with Gasteiger partial charge in [0.25, 0.3) is 0 Å². The fourth-order valence-electron chi connectivity index (χ4n) is 3.24. The molecule has 1 atom stereocenters. The van der Waals surface area contributed by atoms with Gasteiger partial charge in [-0.1, -0.05) is 36.4 Å². The fraction of sp³-hybridized carbons (Fsp3) is 0.389. The SMILES string of the molecule is CCN(C(=O)C1(C)CCCN1)c1cccc2ccccc12. The third-order valence-corrected chi connectivity index (χ3v) is 4.46. The predicted octanol–water partition coefficient (Wildman–Crippen LogP) is 3.33. The number of nitrogens with one attached hydrogen (secondary N) is 1. The second-order valence-corrected chi connectivity index (χ2v) is 5.91. The van der Waals surface area contributed by atoms with Gasteiger partial charge in [0, 0.05) is 11.9 Å². The highest BCUT2D eigenvalue weighted by atomic mass is 16.2. The lowest BCUT2D eigenvalue weighted by Crippen LogP contribution is -2.53. The van der Waals surface area contributed by atoms with Crippen LogP contribution in [-0.4, -0.2) is 24.5 Å². The van der Waals surface area contributed by atoms with E-state index in [-0.39, 0.29) is 5.91 Å². The van der Waals surface area contributed by atoms with Crippen molar-refractivity contribution in [2.24, 2.45) is 0 Å². The Morgan fingerprint density at radius 3 is 2.71 bits per heavy atom. The molecule has 1 N–H and O–H groups in total. The molecule has 1 aliphatic heterocycles. The maximum absolute atomic E-state index is 13.0. The van der Waals surface area contributed by atoms with E-state index in [9.17, 15) is 4.79 Å². The van der Waals surface area contributed by atoms with Crippen molar-refractivity contribution >= 4 is 22.4 Å². The van der Waals surface area contributed by atoms with Crippen LogP contribution >= 0.6 is 0 Å². The maximum Gasteiger partial charge on any atom is 0.247 e. The summed E-state index contributed by atoms with van der Waals surface area (Å²) in [5, 5.41) is 5.68. The lowest BCUT2D eigenvalue weighted by Gasteiger charge is -2.32. The van der Waals surface area contributed by atoms with Gasteiger partial charge in [-0.3, -0.25) is 4.79 Å². The molecule has 2 aromatic carbocycles. The van der Waals surface area contributed by atoms with Crippen LogP contribution in [0.3, 0.4) is 0 Å². The summed E-state index contributed by atoms with van der Waals surface area (Å²) in [5.74, 6) is 0.179. The summed E-state index contributed by atoms with van der Waals surface area (Å²) in [7, 11) is 0. The molecule has 1 fully saturated rings. The van der Waals surface area contributed by atoms with Gasteiger partial charge < -0.3 is 10.2 Å². The molecule has 0 saturated carbocycles. The number of rotatable bonds is 3. The highest BCUT2D eigenvalue weighted by molar-refractivity contribution is 6.07. The molecule has 3 rings (SSSR count). The first kappa shape index (κ1) is 14.1. The first-order chi connectivity index (χ1) is 10.2. The molecular weight excluding hydrogens is 260 g/mol. The Hall–Kier alpha value is -1.87. The van der Waals surface area contributed by atoms with Gasteiger partial charge in [-0.25, -0.2) is 0 Å². The average molecular weight is 282 g/mol. The maximum atomic E-state index is 13.0. The quantitative estimate of drug-likeness (QED) is 0.936. The van der Waals surface area contributed by atoms with Gasteiger partial charge in [-0.05, 0) is 44.7 Å². The van der Waals surface area contributed by atoms with Crippen LogP contribution in [0.25, 0.3) is 10.8 Å². The van der Waals surface area contributed by atoms with Gasteiger partial charge in [0.2, 0.25) is 5.91 Å². The van der Waals surface area contributed by atoms with Crippen LogP contribution in [-0.2, 0) is 4.79 Å². The van der Waals surface area contributed by atoms with Crippen LogP contribution in [0.1, 0.15) is 26.7 Å². The summed E-state index contributed by atoms with van der Waals surface area (Å²) in [4.78, 5) is 14.9. The Morgan fingerprint density at radius 2 is 2.00 bits per heavy atom. The number of likely N-dealkylation sites (N-methyl/N-ethyl adjacent to an activating group) is 1. The number of nitrogens with zero attached hydrogens (tertiary/aromatic N) is 1. The zero-order chi connectivity index (χ0) is 14.9. The van der Waals surface area contributed by atoms with Crippen LogP contribution in [0.5, 0.6) is 0 Å². The zero-order valence-electron chi connectivity index (χ0n) is 12.7. The molecule has 2 aromatic rings. The number of hydrogen-bond acceptors (Lipinski definition) is 2. The van der Waals surface area contributed by atoms with E-state index in [0.717, 1.165) is 30.5 Å². The van der Waals surface area contributed by atoms with Crippen LogP contribution in [0.15, 0.2) is 42.5 Å². The van der Waals surface area contributed by atoms with Crippen molar-refractivity contribution in [3.63, 3.8) is 0 Å². The van der Waals surface area contributed by atoms with Gasteiger partial charge >= 0.3 is 0 Å². The van der Waals surface area contributed by atoms with E-state index in [2.05, 4.69) is 23.5 Å². The van der Waals surface area contributed by atoms with Crippen molar-refractivity contribution < 1.29 is 4.79 Å². The van der Waals surface area contributed by atoms with E-state index in [4.69, 9.17) is 0 Å². The summed E-state index contributed by atoms with van der Waals surface area (Å²) < 4.78 is 0. The Morgan fingerprint density at radius 1 is 1.24 bits per heavy atom. The molecule has 1 saturated heterocycles. The van der Waals surface area contributed by atoms with E-state index in [1.54, 1.807) is 0 Å². The summed E-state index contributed by atoms with van der Waals surface area (Å²) in [6.07, 6.45) is 1.97. The minimum Gasteiger partial charge on any atom is -0.310 e. The normalized spacial score (nSPS) is 21.6. The standard InChI is InChI=1S/C18H22N2O/c1-3-20(17(21)18(2)12-7-13-19-18)16-11-6-9-14-8-4-5-10-15(14)16/h4-6,8-11,19H,3,7,12-13H2,1-2H3. The van der Waals surface area contributed by atoms with Crippen LogP contribution in [0.2, 0.25) is 0 Å². The first-order valence-corrected chi connectivity index (χ1v) is 7.70. The van der Waals surface area contributed by atoms with Crippen molar-refractivity contribution in [3.05, 3.63) is 42.5 Å². The van der Waals surface area contributed by atoms with Gasteiger partial charge in [-0.2, -0.15) is 0 Å². The number of anilines is 1. The number of hydrogen-bond donors (Lipinski definition) is 1. The van der Waals surface area contributed by atoms with Crippen LogP contribution in [0.4, 0.5) is 5.69 Å². The van der Waals surface area contributed by atoms with Crippen molar-refractivity contribution in [2.75, 3.05) is 18.0 Å². The molecule has 0 aliphatic carbocycles. The number of amides is 1. The third-order valence-electron chi connectivity index (χ3n) is 4.46. The Kier molecular flexibility index (Phi) is 3.68. The molecule has 1 unspecified atom stereocenters. The van der Waals surface area contributed by atoms with Crippen molar-refractivity contribution in [1.82, 2.24) is 5.32 Å². The van der Waals surface area contributed by atoms with E-state index in [1.165, 1.54) is 5.39 Å². The molecular formula is C18H22N2O. The number of carbonyl (C=O) groups is 1. The van der Waals surface area contributed by atoms with Gasteiger partial charge in [0.1, 0.15) is 0 Å². The lowest BCUT2D eigenvalue weighted by atomic mass is 9.97. The summed E-state index contributed by atoms with van der Waals surface area (Å²) in [6.45, 7) is 5.67. The molecule has 21 heavy (non-hydrogen) atoms. The minimum absolute atomic E-state index is 0.179. The zero-order valence-corrected chi connectivity index (χ0v) is 12.7. The summed E-state index contributed by atoms with van der Waals surface area (Å²) in [5.41, 5.74) is 0.586. The average Bonchev–Trinajstić information content (AvgIpc) is 2.96. The lowest BCUT2D eigenvalue weighted by molar-refractivity contribution is -0.123. The Labute approximate surface area is 125 Å². The monoisotopic (exact) mass is 282 g/mol. The van der Waals surface area contributed by atoms with E-state index in [1.807, 2.05) is 43.0 Å². The molecule has 3 heteroatoms. The van der Waals surface area contributed by atoms with E-state index >= 15 is 0 Å². The van der Waals surface area contributed by atoms with Crippen molar-refractivity contribution in [1.29, 1.82) is 0 Å². The van der Waals surface area contributed by atoms with Crippen molar-refractivity contribution in [3.8, 4) is 0 Å². The molecule has 1 heterocycles. The Bertz CT molecular complexity index is 654. The molecule has 0 bridgehead atoms. The number of fused-ring (bicyclic) bond motifs is 1.